The number of amides is 1. The first kappa shape index (κ1) is 21.5. The van der Waals surface area contributed by atoms with Gasteiger partial charge in [-0.1, -0.05) is 23.5 Å². The van der Waals surface area contributed by atoms with E-state index in [0.717, 1.165) is 29.9 Å². The summed E-state index contributed by atoms with van der Waals surface area (Å²) in [7, 11) is 0. The van der Waals surface area contributed by atoms with Crippen molar-refractivity contribution in [2.45, 2.75) is 25.4 Å². The average molecular weight is 490 g/mol. The molecular weight excluding hydrogens is 475 g/mol. The number of halogens is 3. The highest BCUT2D eigenvalue weighted by atomic mass is 32.1. The number of ketones is 1. The summed E-state index contributed by atoms with van der Waals surface area (Å²) in [6, 6.07) is 8.15. The zero-order valence-electron chi connectivity index (χ0n) is 16.7. The molecule has 168 valence electrons. The van der Waals surface area contributed by atoms with Crippen molar-refractivity contribution in [3.8, 4) is 16.4 Å². The van der Waals surface area contributed by atoms with Gasteiger partial charge in [0.1, 0.15) is 0 Å². The predicted molar refractivity (Wildman–Crippen MR) is 117 cm³/mol. The van der Waals surface area contributed by atoms with Gasteiger partial charge in [-0.2, -0.15) is 13.2 Å². The van der Waals surface area contributed by atoms with Gasteiger partial charge in [0.2, 0.25) is 5.82 Å². The van der Waals surface area contributed by atoms with Crippen molar-refractivity contribution >= 4 is 39.5 Å². The van der Waals surface area contributed by atoms with E-state index < -0.39 is 17.6 Å². The van der Waals surface area contributed by atoms with E-state index in [-0.39, 0.29) is 28.3 Å². The van der Waals surface area contributed by atoms with Crippen molar-refractivity contribution < 1.29 is 22.8 Å². The van der Waals surface area contributed by atoms with E-state index in [9.17, 15) is 22.8 Å². The van der Waals surface area contributed by atoms with Crippen LogP contribution in [0.2, 0.25) is 0 Å². The highest BCUT2D eigenvalue weighted by molar-refractivity contribution is 7.17. The number of fused-ring (bicyclic) bond motifs is 1. The van der Waals surface area contributed by atoms with Gasteiger partial charge in [-0.3, -0.25) is 14.9 Å². The van der Waals surface area contributed by atoms with Gasteiger partial charge in [-0.15, -0.1) is 16.4 Å². The summed E-state index contributed by atoms with van der Waals surface area (Å²) in [4.78, 5) is 34.7. The minimum atomic E-state index is -4.53. The Morgan fingerprint density at radius 1 is 1.12 bits per heavy atom. The third-order valence-electron chi connectivity index (χ3n) is 4.96. The molecule has 3 aromatic heterocycles. The van der Waals surface area contributed by atoms with Crippen LogP contribution in [-0.2, 0) is 12.6 Å². The van der Waals surface area contributed by atoms with Crippen molar-refractivity contribution in [3.05, 3.63) is 63.7 Å². The Hall–Kier alpha value is -3.38. The summed E-state index contributed by atoms with van der Waals surface area (Å²) in [5, 5.41) is 8.85. The van der Waals surface area contributed by atoms with E-state index in [4.69, 9.17) is 0 Å². The first-order valence-electron chi connectivity index (χ1n) is 9.82. The minimum Gasteiger partial charge on any atom is -0.295 e. The lowest BCUT2D eigenvalue weighted by atomic mass is 10.0. The minimum absolute atomic E-state index is 0.00109. The molecule has 1 aromatic carbocycles. The van der Waals surface area contributed by atoms with E-state index in [1.807, 2.05) is 0 Å². The van der Waals surface area contributed by atoms with Gasteiger partial charge in [-0.05, 0) is 42.5 Å². The second-order valence-corrected chi connectivity index (χ2v) is 9.17. The third-order valence-corrected chi connectivity index (χ3v) is 6.88. The van der Waals surface area contributed by atoms with E-state index in [2.05, 4.69) is 20.4 Å². The van der Waals surface area contributed by atoms with Crippen molar-refractivity contribution in [2.24, 2.45) is 0 Å². The normalized spacial score (nSPS) is 13.7. The number of benzene rings is 1. The lowest BCUT2D eigenvalue weighted by molar-refractivity contribution is -0.137. The van der Waals surface area contributed by atoms with Crippen LogP contribution in [0, 0.1) is 0 Å². The molecule has 0 radical (unpaired) electrons. The zero-order valence-corrected chi connectivity index (χ0v) is 18.4. The number of thiophene rings is 1. The van der Waals surface area contributed by atoms with Gasteiger partial charge in [0, 0.05) is 6.42 Å². The van der Waals surface area contributed by atoms with Gasteiger partial charge < -0.3 is 0 Å². The summed E-state index contributed by atoms with van der Waals surface area (Å²) in [6.45, 7) is 0. The molecule has 1 amide bonds. The molecule has 1 aliphatic carbocycles. The quantitative estimate of drug-likeness (QED) is 0.423. The number of rotatable bonds is 4. The highest BCUT2D eigenvalue weighted by Crippen LogP contribution is 2.33. The van der Waals surface area contributed by atoms with Gasteiger partial charge >= 0.3 is 6.18 Å². The predicted octanol–water partition coefficient (Wildman–Crippen LogP) is 5.24. The molecule has 0 saturated heterocycles. The van der Waals surface area contributed by atoms with Crippen LogP contribution in [0.25, 0.3) is 16.4 Å². The standard InChI is InChI=1S/C21H14F3N5O2S2/c22-21(23,24)11-4-1-5-12(10-11)29-18(15-8-3-9-32-15)26-17(28-29)19(31)27-20-25-13-6-2-7-14(30)16(13)33-20/h1,3-5,8-10H,2,6-7H2,(H,25,27,31). The molecule has 3 heterocycles. The second-order valence-electron chi connectivity index (χ2n) is 7.22. The fourth-order valence-corrected chi connectivity index (χ4v) is 5.12. The molecule has 0 atom stereocenters. The number of hydrogen-bond donors (Lipinski definition) is 1. The van der Waals surface area contributed by atoms with Crippen molar-refractivity contribution in [3.63, 3.8) is 0 Å². The smallest absolute Gasteiger partial charge is 0.295 e. The molecule has 5 rings (SSSR count). The van der Waals surface area contributed by atoms with Crippen LogP contribution in [0.3, 0.4) is 0 Å². The SMILES string of the molecule is O=C(Nc1nc2c(s1)C(=O)CCC2)c1nc(-c2cccs2)n(-c2cccc(C(F)(F)F)c2)n1. The third kappa shape index (κ3) is 4.18. The Morgan fingerprint density at radius 2 is 1.97 bits per heavy atom. The summed E-state index contributed by atoms with van der Waals surface area (Å²) in [5.41, 5.74) is -0.0555. The summed E-state index contributed by atoms with van der Waals surface area (Å²) < 4.78 is 40.9. The highest BCUT2D eigenvalue weighted by Gasteiger charge is 2.31. The Morgan fingerprint density at radius 3 is 2.70 bits per heavy atom. The Labute approximate surface area is 192 Å². The first-order chi connectivity index (χ1) is 15.8. The number of hydrogen-bond acceptors (Lipinski definition) is 7. The molecule has 0 saturated carbocycles. The fourth-order valence-electron chi connectivity index (χ4n) is 3.44. The number of thiazole rings is 1. The zero-order chi connectivity index (χ0) is 23.2. The van der Waals surface area contributed by atoms with Crippen LogP contribution in [0.4, 0.5) is 18.3 Å². The van der Waals surface area contributed by atoms with Gasteiger partial charge in [0.05, 0.1) is 26.7 Å². The molecule has 33 heavy (non-hydrogen) atoms. The lowest BCUT2D eigenvalue weighted by Crippen LogP contribution is -2.14. The number of nitrogens with zero attached hydrogens (tertiary/aromatic N) is 4. The lowest BCUT2D eigenvalue weighted by Gasteiger charge is -2.09. The largest absolute Gasteiger partial charge is 0.416 e. The second kappa shape index (κ2) is 8.19. The molecule has 7 nitrogen and oxygen atoms in total. The van der Waals surface area contributed by atoms with E-state index in [0.29, 0.717) is 28.3 Å². The van der Waals surface area contributed by atoms with Gasteiger partial charge in [-0.25, -0.2) is 14.6 Å². The Balaban J connectivity index is 1.51. The van der Waals surface area contributed by atoms with Crippen LogP contribution in [-0.4, -0.2) is 31.4 Å². The maximum absolute atomic E-state index is 13.2. The van der Waals surface area contributed by atoms with Crippen molar-refractivity contribution in [1.82, 2.24) is 19.7 Å². The van der Waals surface area contributed by atoms with Crippen LogP contribution >= 0.6 is 22.7 Å². The molecule has 0 aliphatic heterocycles. The molecule has 12 heteroatoms. The topological polar surface area (TPSA) is 89.8 Å². The molecule has 0 unspecified atom stereocenters. The number of aromatic nitrogens is 4. The van der Waals surface area contributed by atoms with Crippen LogP contribution < -0.4 is 5.32 Å². The van der Waals surface area contributed by atoms with Crippen LogP contribution in [0.1, 0.15) is 44.4 Å². The van der Waals surface area contributed by atoms with Crippen LogP contribution in [0.15, 0.2) is 41.8 Å². The Kier molecular flexibility index (Phi) is 5.33. The number of aryl methyl sites for hydroxylation is 1. The summed E-state index contributed by atoms with van der Waals surface area (Å²) in [6.07, 6.45) is -2.69. The van der Waals surface area contributed by atoms with Crippen LogP contribution in [0.5, 0.6) is 0 Å². The summed E-state index contributed by atoms with van der Waals surface area (Å²) in [5.74, 6) is -0.656. The molecule has 1 N–H and O–H groups in total. The number of carbonyl (C=O) groups is 2. The maximum Gasteiger partial charge on any atom is 0.416 e. The monoisotopic (exact) mass is 489 g/mol. The van der Waals surface area contributed by atoms with E-state index in [1.165, 1.54) is 28.2 Å². The average Bonchev–Trinajstić information content (AvgIpc) is 3.52. The van der Waals surface area contributed by atoms with E-state index in [1.54, 1.807) is 17.5 Å². The number of carbonyl (C=O) groups excluding carboxylic acids is 2. The molecule has 4 aromatic rings. The molecule has 0 bridgehead atoms. The molecule has 0 fully saturated rings. The number of anilines is 1. The van der Waals surface area contributed by atoms with Crippen molar-refractivity contribution in [2.75, 3.05) is 5.32 Å². The first-order valence-corrected chi connectivity index (χ1v) is 11.5. The fraction of sp³-hybridized carbons (Fsp3) is 0.190. The number of Topliss-reactive ketones (excluding diaryl/α,β-unsaturated/α-hetero) is 1. The molecule has 0 spiro atoms. The van der Waals surface area contributed by atoms with E-state index >= 15 is 0 Å². The number of alkyl halides is 3. The molecular formula is C21H14F3N5O2S2. The van der Waals surface area contributed by atoms with Gasteiger partial charge in [0.15, 0.2) is 16.7 Å². The maximum atomic E-state index is 13.2. The van der Waals surface area contributed by atoms with Crippen molar-refractivity contribution in [1.29, 1.82) is 0 Å². The Bertz CT molecular complexity index is 1360. The number of nitrogens with one attached hydrogen (secondary N) is 1. The summed E-state index contributed by atoms with van der Waals surface area (Å²) >= 11 is 2.42. The molecule has 1 aliphatic rings. The van der Waals surface area contributed by atoms with Gasteiger partial charge in [0.25, 0.3) is 5.91 Å².